The van der Waals surface area contributed by atoms with Crippen LogP contribution in [0.25, 0.3) is 0 Å². The first-order chi connectivity index (χ1) is 9.22. The Morgan fingerprint density at radius 1 is 0.947 bits per heavy atom. The summed E-state index contributed by atoms with van der Waals surface area (Å²) in [5.41, 5.74) is 2.37. The highest BCUT2D eigenvalue weighted by molar-refractivity contribution is 8.76. The Morgan fingerprint density at radius 2 is 1.53 bits per heavy atom. The third kappa shape index (κ3) is 3.40. The molecule has 0 heterocycles. The molecule has 0 radical (unpaired) electrons. The molecule has 0 atom stereocenters. The second-order valence-electron chi connectivity index (χ2n) is 3.49. The van der Waals surface area contributed by atoms with Crippen LogP contribution >= 0.6 is 21.6 Å². The minimum Gasteiger partial charge on any atom is -0.761 e. The third-order valence-electron chi connectivity index (χ3n) is 2.28. The molecule has 0 bridgehead atoms. The lowest BCUT2D eigenvalue weighted by molar-refractivity contribution is -0.387. The Bertz CT molecular complexity index is 593. The summed E-state index contributed by atoms with van der Waals surface area (Å²) in [7, 11) is 2.56. The molecule has 1 N–H and O–H groups in total. The van der Waals surface area contributed by atoms with Crippen molar-refractivity contribution in [1.82, 2.24) is 0 Å². The molecule has 2 aromatic rings. The summed E-state index contributed by atoms with van der Waals surface area (Å²) in [5, 5.41) is 21.6. The van der Waals surface area contributed by atoms with Crippen molar-refractivity contribution in [2.75, 3.05) is 5.48 Å². The summed E-state index contributed by atoms with van der Waals surface area (Å²) >= 11 is 0. The van der Waals surface area contributed by atoms with Crippen LogP contribution in [0.15, 0.2) is 58.3 Å². The first kappa shape index (κ1) is 13.7. The Morgan fingerprint density at radius 3 is 2.21 bits per heavy atom. The molecule has 19 heavy (non-hydrogen) atoms. The molecule has 0 aliphatic carbocycles. The average Bonchev–Trinajstić information content (AvgIpc) is 2.45. The normalized spacial score (nSPS) is 10.2. The van der Waals surface area contributed by atoms with Crippen LogP contribution in [0.3, 0.4) is 0 Å². The van der Waals surface area contributed by atoms with Crippen LogP contribution in [0.4, 0.5) is 11.4 Å². The van der Waals surface area contributed by atoms with Crippen LogP contribution in [0.5, 0.6) is 0 Å². The third-order valence-corrected chi connectivity index (χ3v) is 4.75. The van der Waals surface area contributed by atoms with Crippen molar-refractivity contribution >= 4 is 33.0 Å². The lowest BCUT2D eigenvalue weighted by Crippen LogP contribution is -1.89. The van der Waals surface area contributed by atoms with Crippen LogP contribution in [0, 0.1) is 15.3 Å². The van der Waals surface area contributed by atoms with Gasteiger partial charge in [-0.15, -0.1) is 0 Å². The van der Waals surface area contributed by atoms with Gasteiger partial charge in [-0.3, -0.25) is 10.1 Å². The Balaban J connectivity index is 2.17. The lowest BCUT2D eigenvalue weighted by Gasteiger charge is -2.13. The van der Waals surface area contributed by atoms with E-state index in [-0.39, 0.29) is 5.69 Å². The molecule has 0 aromatic heterocycles. The zero-order valence-corrected chi connectivity index (χ0v) is 11.2. The summed E-state index contributed by atoms with van der Waals surface area (Å²) in [5.74, 6) is 0. The number of anilines is 1. The van der Waals surface area contributed by atoms with Gasteiger partial charge in [0, 0.05) is 16.6 Å². The largest absolute Gasteiger partial charge is 0.761 e. The number of nitro benzene ring substituents is 1. The molecule has 7 heteroatoms. The maximum atomic E-state index is 10.9. The van der Waals surface area contributed by atoms with Crippen molar-refractivity contribution in [2.45, 2.75) is 9.79 Å². The van der Waals surface area contributed by atoms with E-state index in [9.17, 15) is 15.3 Å². The van der Waals surface area contributed by atoms with Gasteiger partial charge >= 0.3 is 0 Å². The molecular weight excluding hydrogens is 284 g/mol. The van der Waals surface area contributed by atoms with Crippen molar-refractivity contribution < 1.29 is 4.92 Å². The molecule has 0 aliphatic rings. The molecular formula is C12H9N2O3S2-. The number of nitrogens with one attached hydrogen (secondary N) is 1. The predicted octanol–water partition coefficient (Wildman–Crippen LogP) is 4.30. The van der Waals surface area contributed by atoms with Crippen molar-refractivity contribution in [3.05, 3.63) is 63.9 Å². The van der Waals surface area contributed by atoms with E-state index in [1.165, 1.54) is 27.7 Å². The minimum atomic E-state index is -0.416. The van der Waals surface area contributed by atoms with Gasteiger partial charge in [-0.1, -0.05) is 35.1 Å². The SMILES string of the molecule is O=[N+]([O-])c1ccccc1SSc1ccccc1N[O-]. The van der Waals surface area contributed by atoms with E-state index in [2.05, 4.69) is 0 Å². The summed E-state index contributed by atoms with van der Waals surface area (Å²) < 4.78 is 0. The van der Waals surface area contributed by atoms with Gasteiger partial charge < -0.3 is 10.7 Å². The molecule has 98 valence electrons. The van der Waals surface area contributed by atoms with E-state index in [1.54, 1.807) is 36.4 Å². The van der Waals surface area contributed by atoms with Gasteiger partial charge in [0.05, 0.1) is 9.82 Å². The van der Waals surface area contributed by atoms with E-state index in [0.717, 1.165) is 4.90 Å². The second-order valence-corrected chi connectivity index (χ2v) is 5.70. The van der Waals surface area contributed by atoms with Gasteiger partial charge in [-0.05, 0) is 29.0 Å². The molecule has 2 rings (SSSR count). The van der Waals surface area contributed by atoms with E-state index < -0.39 is 4.92 Å². The molecule has 0 unspecified atom stereocenters. The fourth-order valence-corrected chi connectivity index (χ4v) is 3.66. The molecule has 0 spiro atoms. The molecule has 0 fully saturated rings. The fraction of sp³-hybridized carbons (Fsp3) is 0. The molecule has 0 saturated heterocycles. The van der Waals surface area contributed by atoms with Crippen molar-refractivity contribution in [3.63, 3.8) is 0 Å². The number of para-hydroxylation sites is 2. The first-order valence-corrected chi connectivity index (χ1v) is 7.42. The van der Waals surface area contributed by atoms with Gasteiger partial charge in [0.15, 0.2) is 0 Å². The van der Waals surface area contributed by atoms with Crippen molar-refractivity contribution in [2.24, 2.45) is 0 Å². The van der Waals surface area contributed by atoms with Crippen LogP contribution in [0.1, 0.15) is 0 Å². The van der Waals surface area contributed by atoms with E-state index in [0.29, 0.717) is 10.6 Å². The van der Waals surface area contributed by atoms with Crippen LogP contribution in [0.2, 0.25) is 0 Å². The molecule has 5 nitrogen and oxygen atoms in total. The Hall–Kier alpha value is -1.70. The van der Waals surface area contributed by atoms with E-state index >= 15 is 0 Å². The number of hydrogen-bond donors (Lipinski definition) is 1. The number of benzene rings is 2. The highest BCUT2D eigenvalue weighted by Gasteiger charge is 2.13. The summed E-state index contributed by atoms with van der Waals surface area (Å²) in [6, 6.07) is 13.5. The lowest BCUT2D eigenvalue weighted by atomic mass is 10.3. The minimum absolute atomic E-state index is 0.0626. The Labute approximate surface area is 117 Å². The first-order valence-electron chi connectivity index (χ1n) is 5.27. The zero-order chi connectivity index (χ0) is 13.7. The number of hydrogen-bond acceptors (Lipinski definition) is 6. The van der Waals surface area contributed by atoms with Crippen LogP contribution in [-0.4, -0.2) is 4.92 Å². The quantitative estimate of drug-likeness (QED) is 0.503. The summed E-state index contributed by atoms with van der Waals surface area (Å²) in [6.07, 6.45) is 0. The number of nitro groups is 1. The fourth-order valence-electron chi connectivity index (χ4n) is 1.39. The summed E-state index contributed by atoms with van der Waals surface area (Å²) in [6.45, 7) is 0. The highest BCUT2D eigenvalue weighted by atomic mass is 33.1. The standard InChI is InChI=1S/C12H9N2O3S2/c15-13-9-5-1-3-7-11(9)18-19-12-8-4-2-6-10(12)14(16)17/h1-8,13H/q-1. The number of rotatable bonds is 5. The van der Waals surface area contributed by atoms with E-state index in [4.69, 9.17) is 0 Å². The highest BCUT2D eigenvalue weighted by Crippen LogP contribution is 2.43. The molecule has 2 aromatic carbocycles. The smallest absolute Gasteiger partial charge is 0.283 e. The maximum absolute atomic E-state index is 10.9. The van der Waals surface area contributed by atoms with Crippen LogP contribution in [-0.2, 0) is 0 Å². The van der Waals surface area contributed by atoms with Crippen molar-refractivity contribution in [1.29, 1.82) is 0 Å². The number of nitrogens with zero attached hydrogens (tertiary/aromatic N) is 1. The van der Waals surface area contributed by atoms with Crippen LogP contribution < -0.4 is 5.48 Å². The topological polar surface area (TPSA) is 78.2 Å². The molecule has 0 aliphatic heterocycles. The van der Waals surface area contributed by atoms with Crippen molar-refractivity contribution in [3.8, 4) is 0 Å². The Kier molecular flexibility index (Phi) is 4.67. The van der Waals surface area contributed by atoms with Gasteiger partial charge in [-0.25, -0.2) is 0 Å². The summed E-state index contributed by atoms with van der Waals surface area (Å²) in [4.78, 5) is 11.8. The molecule has 0 saturated carbocycles. The van der Waals surface area contributed by atoms with Gasteiger partial charge in [0.1, 0.15) is 0 Å². The van der Waals surface area contributed by atoms with Gasteiger partial charge in [0.2, 0.25) is 0 Å². The van der Waals surface area contributed by atoms with E-state index in [1.807, 2.05) is 11.5 Å². The van der Waals surface area contributed by atoms with Gasteiger partial charge in [0.25, 0.3) is 5.69 Å². The zero-order valence-electron chi connectivity index (χ0n) is 9.61. The maximum Gasteiger partial charge on any atom is 0.283 e. The predicted molar refractivity (Wildman–Crippen MR) is 78.2 cm³/mol. The molecule has 0 amide bonds. The monoisotopic (exact) mass is 293 g/mol. The average molecular weight is 293 g/mol. The van der Waals surface area contributed by atoms with Gasteiger partial charge in [-0.2, -0.15) is 0 Å². The second kappa shape index (κ2) is 6.46.